The van der Waals surface area contributed by atoms with E-state index >= 15 is 0 Å². The Labute approximate surface area is 122 Å². The van der Waals surface area contributed by atoms with Gasteiger partial charge in [-0.2, -0.15) is 0 Å². The zero-order chi connectivity index (χ0) is 15.1. The van der Waals surface area contributed by atoms with Crippen LogP contribution in [0.15, 0.2) is 46.9 Å². The fourth-order valence-corrected chi connectivity index (χ4v) is 3.45. The van der Waals surface area contributed by atoms with E-state index < -0.39 is 9.84 Å². The highest BCUT2D eigenvalue weighted by molar-refractivity contribution is 7.90. The Balaban J connectivity index is 2.45. The van der Waals surface area contributed by atoms with E-state index in [4.69, 9.17) is 0 Å². The van der Waals surface area contributed by atoms with Gasteiger partial charge in [-0.05, 0) is 54.0 Å². The van der Waals surface area contributed by atoms with E-state index in [1.165, 1.54) is 17.4 Å². The van der Waals surface area contributed by atoms with E-state index in [-0.39, 0.29) is 5.41 Å². The number of hydrogen-bond acceptors (Lipinski definition) is 2. The zero-order valence-electron chi connectivity index (χ0n) is 12.7. The van der Waals surface area contributed by atoms with Crippen molar-refractivity contribution in [2.24, 2.45) is 5.41 Å². The first-order valence-corrected chi connectivity index (χ1v) is 8.68. The second-order valence-corrected chi connectivity index (χ2v) is 8.57. The molecule has 0 saturated carbocycles. The van der Waals surface area contributed by atoms with Crippen molar-refractivity contribution in [1.82, 2.24) is 0 Å². The third-order valence-electron chi connectivity index (χ3n) is 3.82. The van der Waals surface area contributed by atoms with Crippen molar-refractivity contribution in [3.8, 4) is 0 Å². The van der Waals surface area contributed by atoms with Gasteiger partial charge in [-0.15, -0.1) is 0 Å². The van der Waals surface area contributed by atoms with Crippen molar-refractivity contribution >= 4 is 15.4 Å². The Morgan fingerprint density at radius 2 is 1.70 bits per heavy atom. The number of rotatable bonds is 3. The van der Waals surface area contributed by atoms with Crippen LogP contribution in [-0.4, -0.2) is 14.7 Å². The molecular weight excluding hydrogens is 268 g/mol. The van der Waals surface area contributed by atoms with Crippen LogP contribution < -0.4 is 0 Å². The lowest BCUT2D eigenvalue weighted by molar-refractivity contribution is 0.398. The molecule has 0 saturated heterocycles. The van der Waals surface area contributed by atoms with Gasteiger partial charge in [0.2, 0.25) is 0 Å². The van der Waals surface area contributed by atoms with Gasteiger partial charge in [0.05, 0.1) is 4.90 Å². The molecule has 0 atom stereocenters. The van der Waals surface area contributed by atoms with Gasteiger partial charge in [0.25, 0.3) is 0 Å². The van der Waals surface area contributed by atoms with Gasteiger partial charge < -0.3 is 0 Å². The lowest BCUT2D eigenvalue weighted by Crippen LogP contribution is -2.05. The number of sulfone groups is 1. The van der Waals surface area contributed by atoms with Gasteiger partial charge in [0.15, 0.2) is 9.84 Å². The van der Waals surface area contributed by atoms with Gasteiger partial charge in [0, 0.05) is 6.26 Å². The Morgan fingerprint density at radius 3 is 2.15 bits per heavy atom. The molecule has 3 heteroatoms. The summed E-state index contributed by atoms with van der Waals surface area (Å²) < 4.78 is 23.0. The molecule has 0 spiro atoms. The van der Waals surface area contributed by atoms with Crippen molar-refractivity contribution in [2.75, 3.05) is 6.26 Å². The molecule has 108 valence electrons. The molecule has 2 rings (SSSR count). The van der Waals surface area contributed by atoms with E-state index in [2.05, 4.69) is 20.4 Å². The lowest BCUT2D eigenvalue weighted by atomic mass is 9.88. The van der Waals surface area contributed by atoms with Crippen LogP contribution in [-0.2, 0) is 9.84 Å². The largest absolute Gasteiger partial charge is 0.224 e. The molecule has 0 bridgehead atoms. The Kier molecular flexibility index (Phi) is 3.67. The second kappa shape index (κ2) is 4.88. The minimum atomic E-state index is -3.13. The fraction of sp³-hybridized carbons (Fsp3) is 0.412. The van der Waals surface area contributed by atoms with Gasteiger partial charge in [0.1, 0.15) is 0 Å². The Morgan fingerprint density at radius 1 is 1.15 bits per heavy atom. The molecule has 1 aromatic rings. The fourth-order valence-electron chi connectivity index (χ4n) is 2.82. The van der Waals surface area contributed by atoms with Gasteiger partial charge in [-0.25, -0.2) is 8.42 Å². The van der Waals surface area contributed by atoms with Crippen LogP contribution in [0.25, 0.3) is 5.57 Å². The topological polar surface area (TPSA) is 34.1 Å². The predicted molar refractivity (Wildman–Crippen MR) is 84.3 cm³/mol. The Bertz CT molecular complexity index is 674. The van der Waals surface area contributed by atoms with Crippen molar-refractivity contribution in [1.29, 1.82) is 0 Å². The summed E-state index contributed by atoms with van der Waals surface area (Å²) in [6.07, 6.45) is 3.28. The molecule has 0 aromatic heterocycles. The highest BCUT2D eigenvalue weighted by Crippen LogP contribution is 2.47. The molecule has 0 amide bonds. The summed E-state index contributed by atoms with van der Waals surface area (Å²) in [4.78, 5) is 0.371. The monoisotopic (exact) mass is 290 g/mol. The number of hydrogen-bond donors (Lipinski definition) is 0. The van der Waals surface area contributed by atoms with E-state index in [0.717, 1.165) is 24.0 Å². The molecule has 0 fully saturated rings. The van der Waals surface area contributed by atoms with E-state index in [1.54, 1.807) is 12.1 Å². The zero-order valence-corrected chi connectivity index (χ0v) is 13.5. The lowest BCUT2D eigenvalue weighted by Gasteiger charge is -2.17. The summed E-state index contributed by atoms with van der Waals surface area (Å²) in [6, 6.07) is 7.21. The quantitative estimate of drug-likeness (QED) is 0.834. The molecule has 1 aliphatic rings. The van der Waals surface area contributed by atoms with Crippen molar-refractivity contribution in [3.05, 3.63) is 47.6 Å². The smallest absolute Gasteiger partial charge is 0.175 e. The molecule has 0 N–H and O–H groups in total. The normalized spacial score (nSPS) is 18.4. The summed E-state index contributed by atoms with van der Waals surface area (Å²) in [5, 5.41) is 0. The summed E-state index contributed by atoms with van der Waals surface area (Å²) in [7, 11) is -3.13. The average molecular weight is 290 g/mol. The third kappa shape index (κ3) is 3.04. The minimum Gasteiger partial charge on any atom is -0.224 e. The van der Waals surface area contributed by atoms with E-state index in [0.29, 0.717) is 4.90 Å². The van der Waals surface area contributed by atoms with Crippen molar-refractivity contribution in [3.63, 3.8) is 0 Å². The van der Waals surface area contributed by atoms with Crippen LogP contribution >= 0.6 is 0 Å². The second-order valence-electron chi connectivity index (χ2n) is 6.55. The van der Waals surface area contributed by atoms with Gasteiger partial charge in [-0.1, -0.05) is 38.1 Å². The van der Waals surface area contributed by atoms with Crippen LogP contribution in [0.1, 0.15) is 39.2 Å². The van der Waals surface area contributed by atoms with Crippen LogP contribution in [0, 0.1) is 5.41 Å². The molecule has 0 heterocycles. The molecule has 1 aromatic carbocycles. The summed E-state index contributed by atoms with van der Waals surface area (Å²) in [5.41, 5.74) is 5.10. The highest BCUT2D eigenvalue weighted by Gasteiger charge is 2.31. The first-order chi connectivity index (χ1) is 9.10. The summed E-state index contributed by atoms with van der Waals surface area (Å²) in [6.45, 7) is 10.6. The van der Waals surface area contributed by atoms with Crippen LogP contribution in [0.4, 0.5) is 0 Å². The molecule has 0 aliphatic heterocycles. The van der Waals surface area contributed by atoms with Crippen LogP contribution in [0.3, 0.4) is 0 Å². The maximum atomic E-state index is 11.5. The maximum absolute atomic E-state index is 11.5. The first-order valence-electron chi connectivity index (χ1n) is 6.78. The summed E-state index contributed by atoms with van der Waals surface area (Å²) in [5.74, 6) is 0. The van der Waals surface area contributed by atoms with E-state index in [9.17, 15) is 8.42 Å². The molecule has 1 aliphatic carbocycles. The SMILES string of the molecule is C=C(C)C1=C(c2ccc(S(C)(=O)=O)cc2)CC(C)(C)C1. The molecule has 2 nitrogen and oxygen atoms in total. The number of allylic oxidation sites excluding steroid dienone is 3. The first kappa shape index (κ1) is 15.0. The van der Waals surface area contributed by atoms with Gasteiger partial charge >= 0.3 is 0 Å². The van der Waals surface area contributed by atoms with Gasteiger partial charge in [-0.3, -0.25) is 0 Å². The summed E-state index contributed by atoms with van der Waals surface area (Å²) >= 11 is 0. The maximum Gasteiger partial charge on any atom is 0.175 e. The van der Waals surface area contributed by atoms with Crippen LogP contribution in [0.5, 0.6) is 0 Å². The third-order valence-corrected chi connectivity index (χ3v) is 4.95. The van der Waals surface area contributed by atoms with Crippen LogP contribution in [0.2, 0.25) is 0 Å². The Hall–Kier alpha value is -1.35. The molecule has 0 radical (unpaired) electrons. The van der Waals surface area contributed by atoms with E-state index in [1.807, 2.05) is 19.1 Å². The average Bonchev–Trinajstić information content (AvgIpc) is 2.65. The molecular formula is C17H22O2S. The standard InChI is InChI=1S/C17H22O2S/c1-12(2)15-10-17(3,4)11-16(15)13-6-8-14(9-7-13)20(5,18)19/h6-9H,1,10-11H2,2-5H3. The molecule has 20 heavy (non-hydrogen) atoms. The predicted octanol–water partition coefficient (Wildman–Crippen LogP) is 4.24. The molecule has 0 unspecified atom stereocenters. The van der Waals surface area contributed by atoms with Crippen molar-refractivity contribution < 1.29 is 8.42 Å². The number of benzene rings is 1. The highest BCUT2D eigenvalue weighted by atomic mass is 32.2. The van der Waals surface area contributed by atoms with Crippen molar-refractivity contribution in [2.45, 2.75) is 38.5 Å². The minimum absolute atomic E-state index is 0.249.